The van der Waals surface area contributed by atoms with Crippen LogP contribution in [0.4, 0.5) is 4.39 Å². The third-order valence-electron chi connectivity index (χ3n) is 3.36. The van der Waals surface area contributed by atoms with E-state index < -0.39 is 0 Å². The van der Waals surface area contributed by atoms with Crippen molar-refractivity contribution in [3.63, 3.8) is 0 Å². The predicted molar refractivity (Wildman–Crippen MR) is 73.4 cm³/mol. The third kappa shape index (κ3) is 3.66. The lowest BCUT2D eigenvalue weighted by atomic mass is 9.89. The van der Waals surface area contributed by atoms with Crippen LogP contribution in [0.15, 0.2) is 18.2 Å². The maximum Gasteiger partial charge on any atom is 0.166 e. The molecule has 18 heavy (non-hydrogen) atoms. The molecule has 0 saturated heterocycles. The van der Waals surface area contributed by atoms with Crippen molar-refractivity contribution < 1.29 is 9.18 Å². The summed E-state index contributed by atoms with van der Waals surface area (Å²) in [7, 11) is 0. The lowest BCUT2D eigenvalue weighted by Crippen LogP contribution is -2.15. The molecule has 0 aliphatic rings. The van der Waals surface area contributed by atoms with Crippen molar-refractivity contribution >= 4 is 5.78 Å². The molecular formula is C16H23FO. The number of hydrogen-bond acceptors (Lipinski definition) is 1. The van der Waals surface area contributed by atoms with E-state index in [0.717, 1.165) is 25.7 Å². The Bertz CT molecular complexity index is 392. The summed E-state index contributed by atoms with van der Waals surface area (Å²) in [5, 5.41) is 0. The number of carbonyl (C=O) groups excluding carboxylic acids is 1. The molecule has 1 aromatic rings. The first-order chi connectivity index (χ1) is 8.63. The van der Waals surface area contributed by atoms with Crippen molar-refractivity contribution in [1.82, 2.24) is 0 Å². The SMILES string of the molecule is CCCC(CCC)C(=O)c1ccc(CC)c(F)c1. The van der Waals surface area contributed by atoms with Gasteiger partial charge in [-0.15, -0.1) is 0 Å². The first-order valence-corrected chi connectivity index (χ1v) is 6.96. The minimum absolute atomic E-state index is 0.0480. The van der Waals surface area contributed by atoms with Gasteiger partial charge in [0, 0.05) is 11.5 Å². The van der Waals surface area contributed by atoms with Gasteiger partial charge in [-0.05, 0) is 30.9 Å². The second-order valence-corrected chi connectivity index (χ2v) is 4.80. The molecule has 0 unspecified atom stereocenters. The molecule has 1 nitrogen and oxygen atoms in total. The predicted octanol–water partition coefficient (Wildman–Crippen LogP) is 4.79. The van der Waals surface area contributed by atoms with Gasteiger partial charge in [-0.25, -0.2) is 4.39 Å². The quantitative estimate of drug-likeness (QED) is 0.636. The molecule has 0 fully saturated rings. The maximum absolute atomic E-state index is 13.7. The van der Waals surface area contributed by atoms with Crippen LogP contribution in [0.2, 0.25) is 0 Å². The highest BCUT2D eigenvalue weighted by atomic mass is 19.1. The fraction of sp³-hybridized carbons (Fsp3) is 0.562. The van der Waals surface area contributed by atoms with E-state index in [-0.39, 0.29) is 17.5 Å². The highest BCUT2D eigenvalue weighted by Gasteiger charge is 2.19. The Kier molecular flexibility index (Phi) is 6.03. The van der Waals surface area contributed by atoms with Crippen LogP contribution in [-0.2, 0) is 6.42 Å². The molecule has 100 valence electrons. The van der Waals surface area contributed by atoms with Crippen molar-refractivity contribution in [1.29, 1.82) is 0 Å². The Balaban J connectivity index is 2.90. The molecule has 0 atom stereocenters. The average Bonchev–Trinajstić information content (AvgIpc) is 2.37. The smallest absolute Gasteiger partial charge is 0.166 e. The topological polar surface area (TPSA) is 17.1 Å². The van der Waals surface area contributed by atoms with Gasteiger partial charge >= 0.3 is 0 Å². The van der Waals surface area contributed by atoms with E-state index in [9.17, 15) is 9.18 Å². The molecule has 0 amide bonds. The van der Waals surface area contributed by atoms with Crippen LogP contribution in [0.25, 0.3) is 0 Å². The zero-order valence-electron chi connectivity index (χ0n) is 11.6. The van der Waals surface area contributed by atoms with Crippen molar-refractivity contribution in [2.24, 2.45) is 5.92 Å². The summed E-state index contributed by atoms with van der Waals surface area (Å²) in [6.07, 6.45) is 4.43. The van der Waals surface area contributed by atoms with Gasteiger partial charge in [0.25, 0.3) is 0 Å². The van der Waals surface area contributed by atoms with E-state index in [1.807, 2.05) is 6.92 Å². The van der Waals surface area contributed by atoms with Gasteiger partial charge in [0.05, 0.1) is 0 Å². The molecule has 0 saturated carbocycles. The van der Waals surface area contributed by atoms with Crippen LogP contribution in [0, 0.1) is 11.7 Å². The molecule has 0 bridgehead atoms. The van der Waals surface area contributed by atoms with Gasteiger partial charge in [-0.1, -0.05) is 45.7 Å². The Morgan fingerprint density at radius 1 is 1.17 bits per heavy atom. The Morgan fingerprint density at radius 3 is 2.22 bits per heavy atom. The van der Waals surface area contributed by atoms with E-state index in [1.54, 1.807) is 12.1 Å². The summed E-state index contributed by atoms with van der Waals surface area (Å²) >= 11 is 0. The summed E-state index contributed by atoms with van der Waals surface area (Å²) < 4.78 is 13.7. The van der Waals surface area contributed by atoms with Gasteiger partial charge in [0.15, 0.2) is 5.78 Å². The van der Waals surface area contributed by atoms with Crippen molar-refractivity contribution in [3.05, 3.63) is 35.1 Å². The standard InChI is InChI=1S/C16H23FO/c1-4-7-13(8-5-2)16(18)14-10-9-12(6-3)15(17)11-14/h9-11,13H,4-8H2,1-3H3. The molecule has 2 heteroatoms. The number of benzene rings is 1. The molecule has 0 heterocycles. The average molecular weight is 250 g/mol. The number of carbonyl (C=O) groups is 1. The molecule has 1 aromatic carbocycles. The normalized spacial score (nSPS) is 10.9. The summed E-state index contributed by atoms with van der Waals surface area (Å²) in [6.45, 7) is 6.07. The minimum Gasteiger partial charge on any atom is -0.294 e. The summed E-state index contributed by atoms with van der Waals surface area (Å²) in [4.78, 5) is 12.3. The van der Waals surface area contributed by atoms with Crippen molar-refractivity contribution in [3.8, 4) is 0 Å². The molecule has 0 spiro atoms. The number of halogens is 1. The molecule has 0 aromatic heterocycles. The second kappa shape index (κ2) is 7.30. The first kappa shape index (κ1) is 14.9. The van der Waals surface area contributed by atoms with Gasteiger partial charge in [0.1, 0.15) is 5.82 Å². The summed E-state index contributed by atoms with van der Waals surface area (Å²) in [5.74, 6) is -0.109. The Morgan fingerprint density at radius 2 is 1.78 bits per heavy atom. The van der Waals surface area contributed by atoms with Gasteiger partial charge in [-0.3, -0.25) is 4.79 Å². The van der Waals surface area contributed by atoms with Crippen molar-refractivity contribution in [2.75, 3.05) is 0 Å². The summed E-state index contributed by atoms with van der Waals surface area (Å²) in [5.41, 5.74) is 1.20. The van der Waals surface area contributed by atoms with Crippen LogP contribution in [-0.4, -0.2) is 5.78 Å². The number of ketones is 1. The second-order valence-electron chi connectivity index (χ2n) is 4.80. The molecular weight excluding hydrogens is 227 g/mol. The molecule has 0 aliphatic heterocycles. The van der Waals surface area contributed by atoms with Crippen LogP contribution in [0.1, 0.15) is 62.4 Å². The van der Waals surface area contributed by atoms with E-state index in [2.05, 4.69) is 13.8 Å². The van der Waals surface area contributed by atoms with E-state index >= 15 is 0 Å². The molecule has 1 rings (SSSR count). The number of rotatable bonds is 7. The van der Waals surface area contributed by atoms with Gasteiger partial charge in [-0.2, -0.15) is 0 Å². The van der Waals surface area contributed by atoms with E-state index in [1.165, 1.54) is 6.07 Å². The molecule has 0 radical (unpaired) electrons. The number of Topliss-reactive ketones (excluding diaryl/α,β-unsaturated/α-hetero) is 1. The highest BCUT2D eigenvalue weighted by Crippen LogP contribution is 2.21. The van der Waals surface area contributed by atoms with Crippen LogP contribution >= 0.6 is 0 Å². The lowest BCUT2D eigenvalue weighted by molar-refractivity contribution is 0.0904. The first-order valence-electron chi connectivity index (χ1n) is 6.96. The largest absolute Gasteiger partial charge is 0.294 e. The third-order valence-corrected chi connectivity index (χ3v) is 3.36. The van der Waals surface area contributed by atoms with Gasteiger partial charge < -0.3 is 0 Å². The van der Waals surface area contributed by atoms with E-state index in [4.69, 9.17) is 0 Å². The Labute approximate surface area is 109 Å². The number of aryl methyl sites for hydroxylation is 1. The molecule has 0 N–H and O–H groups in total. The molecule has 0 aliphatic carbocycles. The zero-order chi connectivity index (χ0) is 13.5. The van der Waals surface area contributed by atoms with Crippen LogP contribution in [0.3, 0.4) is 0 Å². The highest BCUT2D eigenvalue weighted by molar-refractivity contribution is 5.97. The van der Waals surface area contributed by atoms with Crippen LogP contribution < -0.4 is 0 Å². The van der Waals surface area contributed by atoms with E-state index in [0.29, 0.717) is 17.5 Å². The fourth-order valence-corrected chi connectivity index (χ4v) is 2.33. The lowest BCUT2D eigenvalue weighted by Gasteiger charge is -2.14. The fourth-order valence-electron chi connectivity index (χ4n) is 2.33. The minimum atomic E-state index is -0.255. The Hall–Kier alpha value is -1.18. The van der Waals surface area contributed by atoms with Crippen LogP contribution in [0.5, 0.6) is 0 Å². The maximum atomic E-state index is 13.7. The van der Waals surface area contributed by atoms with Crippen molar-refractivity contribution in [2.45, 2.75) is 52.9 Å². The monoisotopic (exact) mass is 250 g/mol. The number of hydrogen-bond donors (Lipinski definition) is 0. The summed E-state index contributed by atoms with van der Waals surface area (Å²) in [6, 6.07) is 4.90. The zero-order valence-corrected chi connectivity index (χ0v) is 11.6. The van der Waals surface area contributed by atoms with Gasteiger partial charge in [0.2, 0.25) is 0 Å².